The topological polar surface area (TPSA) is 136 Å². The van der Waals surface area contributed by atoms with Gasteiger partial charge in [-0.2, -0.15) is 36.3 Å². The Morgan fingerprint density at radius 2 is 1.66 bits per heavy atom. The number of hydrogen-bond acceptors (Lipinski definition) is 8. The quantitative estimate of drug-likeness (QED) is 0.264. The van der Waals surface area contributed by atoms with Crippen LogP contribution in [-0.4, -0.2) is 73.7 Å². The van der Waals surface area contributed by atoms with Crippen LogP contribution in [0.2, 0.25) is 0 Å². The lowest BCUT2D eigenvalue weighted by Crippen LogP contribution is -2.56. The predicted octanol–water partition coefficient (Wildman–Crippen LogP) is 3.48. The summed E-state index contributed by atoms with van der Waals surface area (Å²) in [6.07, 6.45) is -7.47. The van der Waals surface area contributed by atoms with Crippen LogP contribution in [0.4, 0.5) is 49.7 Å². The van der Waals surface area contributed by atoms with Crippen molar-refractivity contribution in [1.29, 1.82) is 0 Å². The largest absolute Gasteiger partial charge is 0.421 e. The number of nitrogens with zero attached hydrogens (tertiary/aromatic N) is 7. The maximum atomic E-state index is 14.3. The minimum absolute atomic E-state index is 0.143. The number of anilines is 3. The van der Waals surface area contributed by atoms with Crippen molar-refractivity contribution >= 4 is 29.4 Å². The highest BCUT2D eigenvalue weighted by Crippen LogP contribution is 2.36. The lowest BCUT2D eigenvalue weighted by Gasteiger charge is -2.39. The summed E-state index contributed by atoms with van der Waals surface area (Å²) in [5.41, 5.74) is -1.50. The molecule has 0 radical (unpaired) electrons. The molecule has 1 atom stereocenters. The molecule has 222 valence electrons. The van der Waals surface area contributed by atoms with Crippen molar-refractivity contribution in [3.8, 4) is 0 Å². The average molecular weight is 587 g/mol. The summed E-state index contributed by atoms with van der Waals surface area (Å²) >= 11 is 0. The average Bonchev–Trinajstić information content (AvgIpc) is 3.39. The van der Waals surface area contributed by atoms with Crippen LogP contribution in [0.5, 0.6) is 0 Å². The molecule has 0 saturated heterocycles. The highest BCUT2D eigenvalue weighted by Gasteiger charge is 2.47. The molecule has 0 saturated carbocycles. The third kappa shape index (κ3) is 5.99. The van der Waals surface area contributed by atoms with Crippen LogP contribution >= 0.6 is 0 Å². The van der Waals surface area contributed by atoms with E-state index in [1.807, 2.05) is 0 Å². The van der Waals surface area contributed by atoms with Crippen LogP contribution < -0.4 is 21.3 Å². The van der Waals surface area contributed by atoms with E-state index in [0.29, 0.717) is 23.5 Å². The summed E-state index contributed by atoms with van der Waals surface area (Å²) in [4.78, 5) is 24.9. The third-order valence-electron chi connectivity index (χ3n) is 6.49. The van der Waals surface area contributed by atoms with Crippen molar-refractivity contribution in [2.24, 2.45) is 12.0 Å². The van der Waals surface area contributed by atoms with Crippen LogP contribution in [-0.2, 0) is 19.6 Å². The standard InChI is InChI=1S/C23H28F6N12/c1-10-17(37-20-33-8-12(22(24,25)26)18(30-3)38-20)35-14(34-10)7-13-16(23(27,28)29)19(31-4)39-21(41(13)6)36-15-9-32-11(2)40(15)5/h8-9,13,31H,7H2,1-6H3,(H,34,35)(H,36,39)(H2,30,33,37,38). The maximum Gasteiger partial charge on any atom is 0.421 e. The van der Waals surface area contributed by atoms with Gasteiger partial charge in [0.25, 0.3) is 0 Å². The molecular formula is C23H28F6N12. The minimum atomic E-state index is -4.71. The van der Waals surface area contributed by atoms with E-state index in [1.165, 1.54) is 32.2 Å². The number of halogens is 6. The fourth-order valence-corrected chi connectivity index (χ4v) is 4.22. The summed E-state index contributed by atoms with van der Waals surface area (Å²) < 4.78 is 84.2. The number of rotatable bonds is 7. The van der Waals surface area contributed by atoms with Gasteiger partial charge in [0.1, 0.15) is 28.9 Å². The first-order valence-corrected chi connectivity index (χ1v) is 12.1. The van der Waals surface area contributed by atoms with E-state index in [1.54, 1.807) is 25.5 Å². The first-order valence-electron chi connectivity index (χ1n) is 12.1. The number of guanidine groups is 1. The third-order valence-corrected chi connectivity index (χ3v) is 6.49. The smallest absolute Gasteiger partial charge is 0.374 e. The first-order chi connectivity index (χ1) is 19.1. The van der Waals surface area contributed by atoms with Crippen molar-refractivity contribution in [3.63, 3.8) is 0 Å². The Morgan fingerprint density at radius 1 is 0.951 bits per heavy atom. The van der Waals surface area contributed by atoms with Crippen LogP contribution in [0.1, 0.15) is 22.9 Å². The molecule has 0 amide bonds. The summed E-state index contributed by atoms with van der Waals surface area (Å²) in [5, 5.41) is 10.4. The van der Waals surface area contributed by atoms with Gasteiger partial charge in [0.2, 0.25) is 11.9 Å². The molecule has 4 heterocycles. The Morgan fingerprint density at radius 3 is 2.22 bits per heavy atom. The fraction of sp³-hybridized carbons (Fsp3) is 0.435. The highest BCUT2D eigenvalue weighted by molar-refractivity contribution is 5.86. The minimum Gasteiger partial charge on any atom is -0.374 e. The summed E-state index contributed by atoms with van der Waals surface area (Å²) in [5.74, 6) is 0.671. The molecule has 0 aliphatic carbocycles. The van der Waals surface area contributed by atoms with Gasteiger partial charge in [-0.25, -0.2) is 15.0 Å². The second-order valence-corrected chi connectivity index (χ2v) is 9.14. The fourth-order valence-electron chi connectivity index (χ4n) is 4.22. The number of H-pyrrole nitrogens is 1. The van der Waals surface area contributed by atoms with E-state index < -0.39 is 35.3 Å². The predicted molar refractivity (Wildman–Crippen MR) is 139 cm³/mol. The van der Waals surface area contributed by atoms with Gasteiger partial charge in [0.15, 0.2) is 11.6 Å². The van der Waals surface area contributed by atoms with Gasteiger partial charge in [0.05, 0.1) is 23.5 Å². The van der Waals surface area contributed by atoms with Gasteiger partial charge in [-0.15, -0.1) is 0 Å². The van der Waals surface area contributed by atoms with Crippen molar-refractivity contribution in [2.45, 2.75) is 38.7 Å². The number of likely N-dealkylation sites (N-methyl/N-ethyl adjacent to an activating group) is 1. The van der Waals surface area contributed by atoms with Crippen molar-refractivity contribution in [3.05, 3.63) is 46.7 Å². The molecule has 12 nitrogen and oxygen atoms in total. The zero-order valence-electron chi connectivity index (χ0n) is 22.8. The van der Waals surface area contributed by atoms with E-state index in [0.717, 1.165) is 0 Å². The van der Waals surface area contributed by atoms with E-state index in [2.05, 4.69) is 51.2 Å². The molecule has 3 aromatic rings. The lowest BCUT2D eigenvalue weighted by molar-refractivity contribution is -0.137. The molecule has 0 aromatic carbocycles. The number of imidazole rings is 2. The number of aromatic amines is 1. The number of hydrogen-bond donors (Lipinski definition) is 5. The van der Waals surface area contributed by atoms with Gasteiger partial charge in [-0.3, -0.25) is 0 Å². The normalized spacial score (nSPS) is 17.2. The molecule has 4 rings (SSSR count). The molecule has 3 aromatic heterocycles. The summed E-state index contributed by atoms with van der Waals surface area (Å²) in [7, 11) is 5.86. The molecule has 1 aliphatic heterocycles. The summed E-state index contributed by atoms with van der Waals surface area (Å²) in [6, 6.07) is -1.26. The molecule has 5 N–H and O–H groups in total. The monoisotopic (exact) mass is 586 g/mol. The molecule has 0 bridgehead atoms. The first kappa shape index (κ1) is 29.5. The van der Waals surface area contributed by atoms with Gasteiger partial charge in [-0.05, 0) is 13.8 Å². The second-order valence-electron chi connectivity index (χ2n) is 9.14. The van der Waals surface area contributed by atoms with E-state index >= 15 is 0 Å². The van der Waals surface area contributed by atoms with Crippen molar-refractivity contribution < 1.29 is 26.3 Å². The van der Waals surface area contributed by atoms with Crippen molar-refractivity contribution in [1.82, 2.24) is 45.0 Å². The highest BCUT2D eigenvalue weighted by atomic mass is 19.4. The number of nitrogens with one attached hydrogen (secondary N) is 5. The number of aryl methyl sites for hydroxylation is 2. The van der Waals surface area contributed by atoms with E-state index in [4.69, 9.17) is 0 Å². The Hall–Kier alpha value is -4.51. The number of aromatic nitrogens is 6. The van der Waals surface area contributed by atoms with Gasteiger partial charge < -0.3 is 35.7 Å². The van der Waals surface area contributed by atoms with Crippen LogP contribution in [0.25, 0.3) is 0 Å². The SMILES string of the molecule is CNC1=C(C(F)(F)F)C(Cc2nc(Nc3ncc(C(F)(F)F)c(NC)n3)c(C)[nH]2)N(C)C(=Nc2cnc(C)n2C)N1. The van der Waals surface area contributed by atoms with E-state index in [9.17, 15) is 26.3 Å². The van der Waals surface area contributed by atoms with Crippen LogP contribution in [0.15, 0.2) is 28.8 Å². The Balaban J connectivity index is 1.67. The molecule has 1 aliphatic rings. The molecule has 0 fully saturated rings. The number of aliphatic imine (C=N–C) groups is 1. The molecule has 1 unspecified atom stereocenters. The molecule has 0 spiro atoms. The van der Waals surface area contributed by atoms with Gasteiger partial charge >= 0.3 is 12.4 Å². The van der Waals surface area contributed by atoms with Crippen LogP contribution in [0.3, 0.4) is 0 Å². The maximum absolute atomic E-state index is 14.3. The molecule has 41 heavy (non-hydrogen) atoms. The van der Waals surface area contributed by atoms with Gasteiger partial charge in [-0.1, -0.05) is 0 Å². The second kappa shape index (κ2) is 10.8. The zero-order chi connectivity index (χ0) is 30.3. The Labute approximate surface area is 230 Å². The number of alkyl halides is 6. The van der Waals surface area contributed by atoms with E-state index in [-0.39, 0.29) is 35.8 Å². The van der Waals surface area contributed by atoms with Crippen LogP contribution in [0, 0.1) is 13.8 Å². The molecular weight excluding hydrogens is 558 g/mol. The van der Waals surface area contributed by atoms with Crippen molar-refractivity contribution in [2.75, 3.05) is 31.8 Å². The molecule has 18 heteroatoms. The Kier molecular flexibility index (Phi) is 7.77. The summed E-state index contributed by atoms with van der Waals surface area (Å²) in [6.45, 7) is 3.37. The lowest BCUT2D eigenvalue weighted by atomic mass is 9.99. The zero-order valence-corrected chi connectivity index (χ0v) is 22.8. The van der Waals surface area contributed by atoms with Gasteiger partial charge in [0, 0.05) is 40.8 Å². The Bertz CT molecular complexity index is 1480.